The highest BCUT2D eigenvalue weighted by atomic mass is 16.5. The Morgan fingerprint density at radius 2 is 1.84 bits per heavy atom. The number of morpholine rings is 1. The van der Waals surface area contributed by atoms with Crippen molar-refractivity contribution in [1.82, 2.24) is 19.4 Å². The molecule has 1 N–H and O–H groups in total. The highest BCUT2D eigenvalue weighted by Gasteiger charge is 2.16. The van der Waals surface area contributed by atoms with E-state index in [0.29, 0.717) is 37.0 Å². The Balaban J connectivity index is 1.28. The van der Waals surface area contributed by atoms with Gasteiger partial charge in [0.05, 0.1) is 42.9 Å². The van der Waals surface area contributed by atoms with E-state index in [1.807, 2.05) is 35.9 Å². The number of nitrogens with one attached hydrogen (secondary N) is 1. The van der Waals surface area contributed by atoms with Crippen molar-refractivity contribution in [3.63, 3.8) is 0 Å². The van der Waals surface area contributed by atoms with Gasteiger partial charge in [0.25, 0.3) is 0 Å². The van der Waals surface area contributed by atoms with Crippen LogP contribution >= 0.6 is 0 Å². The normalized spacial score (nSPS) is 14.5. The largest absolute Gasteiger partial charge is 0.457 e. The molecule has 1 fully saturated rings. The minimum atomic E-state index is 0.0686. The van der Waals surface area contributed by atoms with Gasteiger partial charge in [-0.1, -0.05) is 32.9 Å². The number of pyridine rings is 1. The van der Waals surface area contributed by atoms with Crippen molar-refractivity contribution in [2.24, 2.45) is 7.05 Å². The van der Waals surface area contributed by atoms with Crippen molar-refractivity contribution in [1.29, 1.82) is 0 Å². The van der Waals surface area contributed by atoms with Gasteiger partial charge in [-0.25, -0.2) is 4.98 Å². The number of carbonyl (C=O) groups excluding carboxylic acids is 1. The highest BCUT2D eigenvalue weighted by Crippen LogP contribution is 2.30. The molecule has 8 nitrogen and oxygen atoms in total. The smallest absolute Gasteiger partial charge is 0.208 e. The Morgan fingerprint density at radius 1 is 1.05 bits per heavy atom. The Bertz CT molecular complexity index is 1430. The third-order valence-electron chi connectivity index (χ3n) is 6.74. The molecule has 8 heteroatoms. The van der Waals surface area contributed by atoms with Crippen molar-refractivity contribution in [2.45, 2.75) is 32.6 Å². The number of ketones is 1. The number of hydrogen-bond donors (Lipinski definition) is 1. The summed E-state index contributed by atoms with van der Waals surface area (Å²) in [6.45, 7) is 9.98. The number of nitrogens with zero attached hydrogens (tertiary/aromatic N) is 4. The molecule has 0 radical (unpaired) electrons. The Hall–Kier alpha value is -3.75. The summed E-state index contributed by atoms with van der Waals surface area (Å²) in [7, 11) is 1.99. The molecular formula is C30H35N5O3. The van der Waals surface area contributed by atoms with E-state index in [2.05, 4.69) is 60.2 Å². The summed E-state index contributed by atoms with van der Waals surface area (Å²) < 4.78 is 13.5. The SMILES string of the molecule is Cn1c(Nc2cccc(C(C)(C)C)c2)nc2cc(Oc3ccnc(CC(=O)CN4CCOCC4)c3)ccc21. The van der Waals surface area contributed by atoms with Gasteiger partial charge in [0.15, 0.2) is 5.78 Å². The zero-order valence-electron chi connectivity index (χ0n) is 22.5. The number of aromatic nitrogens is 3. The lowest BCUT2D eigenvalue weighted by Crippen LogP contribution is -2.39. The minimum absolute atomic E-state index is 0.0686. The fraction of sp³-hybridized carbons (Fsp3) is 0.367. The average molecular weight is 514 g/mol. The number of hydrogen-bond acceptors (Lipinski definition) is 7. The number of fused-ring (bicyclic) bond motifs is 1. The van der Waals surface area contributed by atoms with Crippen molar-refractivity contribution in [3.05, 3.63) is 72.1 Å². The van der Waals surface area contributed by atoms with Crippen LogP contribution in [0.1, 0.15) is 32.0 Å². The van der Waals surface area contributed by atoms with Crippen molar-refractivity contribution >= 4 is 28.5 Å². The van der Waals surface area contributed by atoms with Gasteiger partial charge in [-0.05, 0) is 41.3 Å². The molecule has 4 aromatic rings. The summed E-state index contributed by atoms with van der Waals surface area (Å²) in [5, 5.41) is 3.46. The maximum atomic E-state index is 12.5. The second-order valence-corrected chi connectivity index (χ2v) is 10.8. The zero-order chi connectivity index (χ0) is 26.7. The van der Waals surface area contributed by atoms with Crippen LogP contribution in [0.25, 0.3) is 11.0 Å². The quantitative estimate of drug-likeness (QED) is 0.345. The van der Waals surface area contributed by atoms with E-state index in [1.54, 1.807) is 12.3 Å². The van der Waals surface area contributed by atoms with Gasteiger partial charge in [-0.3, -0.25) is 14.7 Å². The topological polar surface area (TPSA) is 81.5 Å². The molecule has 0 atom stereocenters. The van der Waals surface area contributed by atoms with Crippen molar-refractivity contribution < 1.29 is 14.3 Å². The van der Waals surface area contributed by atoms with Crippen LogP contribution in [0.3, 0.4) is 0 Å². The van der Waals surface area contributed by atoms with Gasteiger partial charge in [0.2, 0.25) is 5.95 Å². The summed E-state index contributed by atoms with van der Waals surface area (Å²) in [6, 6.07) is 17.9. The predicted octanol–water partition coefficient (Wildman–Crippen LogP) is 5.25. The highest BCUT2D eigenvalue weighted by molar-refractivity contribution is 5.83. The van der Waals surface area contributed by atoms with Crippen LogP contribution in [0.2, 0.25) is 0 Å². The Morgan fingerprint density at radius 3 is 2.63 bits per heavy atom. The molecule has 0 unspecified atom stereocenters. The first kappa shape index (κ1) is 25.9. The second-order valence-electron chi connectivity index (χ2n) is 10.8. The van der Waals surface area contributed by atoms with Crippen LogP contribution in [0.15, 0.2) is 60.8 Å². The molecule has 2 aromatic carbocycles. The first-order valence-corrected chi connectivity index (χ1v) is 13.0. The van der Waals surface area contributed by atoms with Crippen LogP contribution in [0.4, 0.5) is 11.6 Å². The lowest BCUT2D eigenvalue weighted by molar-refractivity contribution is -0.120. The maximum absolute atomic E-state index is 12.5. The Labute approximate surface area is 223 Å². The van der Waals surface area contributed by atoms with Gasteiger partial charge in [-0.2, -0.15) is 0 Å². The molecule has 0 saturated carbocycles. The van der Waals surface area contributed by atoms with E-state index in [-0.39, 0.29) is 17.6 Å². The standard InChI is InChI=1S/C30H35N5O3/c1-30(2,3)21-6-5-7-22(16-21)32-29-33-27-19-25(8-9-28(27)34(29)4)38-26-10-11-31-23(18-26)17-24(36)20-35-12-14-37-15-13-35/h5-11,16,18-19H,12-15,17,20H2,1-4H3,(H,32,33). The number of anilines is 2. The van der Waals surface area contributed by atoms with E-state index in [1.165, 1.54) is 5.56 Å². The number of ether oxygens (including phenoxy) is 2. The van der Waals surface area contributed by atoms with Gasteiger partial charge >= 0.3 is 0 Å². The first-order chi connectivity index (χ1) is 18.2. The molecule has 0 bridgehead atoms. The summed E-state index contributed by atoms with van der Waals surface area (Å²) in [5.74, 6) is 2.21. The fourth-order valence-corrected chi connectivity index (χ4v) is 4.57. The van der Waals surface area contributed by atoms with Gasteiger partial charge < -0.3 is 19.4 Å². The summed E-state index contributed by atoms with van der Waals surface area (Å²) in [5.41, 5.74) is 4.85. The van der Waals surface area contributed by atoms with Crippen LogP contribution in [0, 0.1) is 0 Å². The number of aryl methyl sites for hydroxylation is 1. The van der Waals surface area contributed by atoms with Crippen LogP contribution in [-0.2, 0) is 28.4 Å². The third kappa shape index (κ3) is 6.20. The van der Waals surface area contributed by atoms with E-state index in [4.69, 9.17) is 14.5 Å². The molecule has 5 rings (SSSR count). The second kappa shape index (κ2) is 10.9. The molecule has 0 spiro atoms. The molecule has 0 amide bonds. The minimum Gasteiger partial charge on any atom is -0.457 e. The van der Waals surface area contributed by atoms with Crippen LogP contribution in [-0.4, -0.2) is 58.1 Å². The van der Waals surface area contributed by atoms with Crippen molar-refractivity contribution in [3.8, 4) is 11.5 Å². The zero-order valence-corrected chi connectivity index (χ0v) is 22.5. The molecule has 3 heterocycles. The van der Waals surface area contributed by atoms with E-state index < -0.39 is 0 Å². The monoisotopic (exact) mass is 513 g/mol. The number of carbonyl (C=O) groups is 1. The van der Waals surface area contributed by atoms with Gasteiger partial charge in [0.1, 0.15) is 11.5 Å². The van der Waals surface area contributed by atoms with Gasteiger partial charge in [0, 0.05) is 44.2 Å². The Kier molecular flexibility index (Phi) is 7.44. The number of benzene rings is 2. The van der Waals surface area contributed by atoms with E-state index in [9.17, 15) is 4.79 Å². The lowest BCUT2D eigenvalue weighted by Gasteiger charge is -2.25. The van der Waals surface area contributed by atoms with Crippen LogP contribution < -0.4 is 10.1 Å². The predicted molar refractivity (Wildman–Crippen MR) is 149 cm³/mol. The molecular weight excluding hydrogens is 478 g/mol. The fourth-order valence-electron chi connectivity index (χ4n) is 4.57. The molecule has 1 aliphatic heterocycles. The molecule has 2 aromatic heterocycles. The number of Topliss-reactive ketones (excluding diaryl/α,β-unsaturated/α-hetero) is 1. The number of imidazole rings is 1. The molecule has 1 aliphatic rings. The van der Waals surface area contributed by atoms with Crippen molar-refractivity contribution in [2.75, 3.05) is 38.2 Å². The third-order valence-corrected chi connectivity index (χ3v) is 6.74. The van der Waals surface area contributed by atoms with Crippen LogP contribution in [0.5, 0.6) is 11.5 Å². The maximum Gasteiger partial charge on any atom is 0.208 e. The number of rotatable bonds is 8. The molecule has 198 valence electrons. The molecule has 0 aliphatic carbocycles. The molecule has 38 heavy (non-hydrogen) atoms. The first-order valence-electron chi connectivity index (χ1n) is 13.0. The van der Waals surface area contributed by atoms with Gasteiger partial charge in [-0.15, -0.1) is 0 Å². The lowest BCUT2D eigenvalue weighted by atomic mass is 9.87. The summed E-state index contributed by atoms with van der Waals surface area (Å²) >= 11 is 0. The molecule has 1 saturated heterocycles. The summed E-state index contributed by atoms with van der Waals surface area (Å²) in [6.07, 6.45) is 1.96. The van der Waals surface area contributed by atoms with E-state index in [0.717, 1.165) is 35.8 Å². The summed E-state index contributed by atoms with van der Waals surface area (Å²) in [4.78, 5) is 23.9. The average Bonchev–Trinajstić information content (AvgIpc) is 3.18. The van der Waals surface area contributed by atoms with E-state index >= 15 is 0 Å².